The van der Waals surface area contributed by atoms with Gasteiger partial charge in [-0.15, -0.1) is 5.10 Å². The summed E-state index contributed by atoms with van der Waals surface area (Å²) in [6.45, 7) is 5.49. The smallest absolute Gasteiger partial charge is 0.342 e. The zero-order chi connectivity index (χ0) is 18.6. The maximum atomic E-state index is 11.5. The molecule has 0 bridgehead atoms. The number of carboxylic acid groups (broad SMARTS) is 1. The first-order chi connectivity index (χ1) is 11.8. The zero-order valence-electron chi connectivity index (χ0n) is 14.2. The van der Waals surface area contributed by atoms with Crippen LogP contribution in [0, 0.1) is 6.92 Å². The number of benzene rings is 1. The molecule has 7 nitrogen and oxygen atoms in total. The Kier molecular flexibility index (Phi) is 6.33. The summed E-state index contributed by atoms with van der Waals surface area (Å²) in [5, 5.41) is 16.7. The number of H-pyrrole nitrogens is 1. The van der Waals surface area contributed by atoms with Crippen molar-refractivity contribution in [1.29, 1.82) is 0 Å². The Morgan fingerprint density at radius 3 is 2.68 bits per heavy atom. The molecule has 0 unspecified atom stereocenters. The third-order valence-corrected chi connectivity index (χ3v) is 4.05. The third kappa shape index (κ3) is 5.14. The lowest BCUT2D eigenvalue weighted by molar-refractivity contribution is -0.131. The molecule has 0 atom stereocenters. The monoisotopic (exact) mass is 383 g/mol. The van der Waals surface area contributed by atoms with E-state index in [1.165, 1.54) is 13.2 Å². The van der Waals surface area contributed by atoms with E-state index in [2.05, 4.69) is 15.2 Å². The van der Waals surface area contributed by atoms with Gasteiger partial charge in [-0.3, -0.25) is 5.10 Å². The van der Waals surface area contributed by atoms with Crippen molar-refractivity contribution in [3.05, 3.63) is 33.4 Å². The van der Waals surface area contributed by atoms with Crippen LogP contribution in [-0.4, -0.2) is 39.5 Å². The maximum Gasteiger partial charge on any atom is 0.342 e. The molecule has 0 radical (unpaired) electrons. The van der Waals surface area contributed by atoms with Gasteiger partial charge in [-0.05, 0) is 56.3 Å². The molecule has 2 N–H and O–H groups in total. The van der Waals surface area contributed by atoms with Gasteiger partial charge in [-0.25, -0.2) is 9.78 Å². The molecular formula is C16H18ClN3O4S. The van der Waals surface area contributed by atoms with Gasteiger partial charge < -0.3 is 14.6 Å². The number of carboxylic acids is 1. The van der Waals surface area contributed by atoms with Crippen molar-refractivity contribution >= 4 is 35.4 Å². The number of aryl methyl sites for hydroxylation is 1. The SMILES string of the molecule is COc1cc(/C=C(\Sc2n[nH]c(C)n2)C(=O)O)cc(Cl)c1OC(C)C. The largest absolute Gasteiger partial charge is 0.493 e. The third-order valence-electron chi connectivity index (χ3n) is 2.89. The minimum Gasteiger partial charge on any atom is -0.493 e. The van der Waals surface area contributed by atoms with Gasteiger partial charge in [0.15, 0.2) is 11.5 Å². The topological polar surface area (TPSA) is 97.3 Å². The summed E-state index contributed by atoms with van der Waals surface area (Å²) in [4.78, 5) is 15.7. The molecule has 0 saturated heterocycles. The fraction of sp³-hybridized carbons (Fsp3) is 0.312. The molecule has 0 aliphatic rings. The van der Waals surface area contributed by atoms with Gasteiger partial charge in [0.1, 0.15) is 10.7 Å². The molecule has 0 aliphatic carbocycles. The number of aromatic amines is 1. The zero-order valence-corrected chi connectivity index (χ0v) is 15.7. The van der Waals surface area contributed by atoms with Crippen LogP contribution in [0.4, 0.5) is 0 Å². The highest BCUT2D eigenvalue weighted by atomic mass is 35.5. The number of thioether (sulfide) groups is 1. The van der Waals surface area contributed by atoms with Crippen molar-refractivity contribution < 1.29 is 19.4 Å². The first kappa shape index (κ1) is 19.1. The van der Waals surface area contributed by atoms with Gasteiger partial charge in [-0.1, -0.05) is 11.6 Å². The number of nitrogens with one attached hydrogen (secondary N) is 1. The van der Waals surface area contributed by atoms with Gasteiger partial charge >= 0.3 is 5.97 Å². The normalized spacial score (nSPS) is 11.7. The van der Waals surface area contributed by atoms with Crippen LogP contribution >= 0.6 is 23.4 Å². The van der Waals surface area contributed by atoms with E-state index < -0.39 is 5.97 Å². The second-order valence-electron chi connectivity index (χ2n) is 5.32. The predicted octanol–water partition coefficient (Wildman–Crippen LogP) is 3.78. The maximum absolute atomic E-state index is 11.5. The summed E-state index contributed by atoms with van der Waals surface area (Å²) in [6, 6.07) is 3.28. The van der Waals surface area contributed by atoms with Gasteiger partial charge in [-0.2, -0.15) is 0 Å². The molecule has 0 amide bonds. The predicted molar refractivity (Wildman–Crippen MR) is 96.4 cm³/mol. The highest BCUT2D eigenvalue weighted by Gasteiger charge is 2.16. The van der Waals surface area contributed by atoms with Gasteiger partial charge in [0.25, 0.3) is 0 Å². The second kappa shape index (κ2) is 8.26. The van der Waals surface area contributed by atoms with E-state index in [-0.39, 0.29) is 11.0 Å². The van der Waals surface area contributed by atoms with Crippen LogP contribution in [0.2, 0.25) is 5.02 Å². The molecule has 9 heteroatoms. The summed E-state index contributed by atoms with van der Waals surface area (Å²) in [5.74, 6) is 0.360. The first-order valence-corrected chi connectivity index (χ1v) is 8.55. The van der Waals surface area contributed by atoms with Crippen molar-refractivity contribution in [1.82, 2.24) is 15.2 Å². The van der Waals surface area contributed by atoms with Gasteiger partial charge in [0.2, 0.25) is 5.16 Å². The van der Waals surface area contributed by atoms with Gasteiger partial charge in [0.05, 0.1) is 18.2 Å². The Morgan fingerprint density at radius 2 is 2.16 bits per heavy atom. The lowest BCUT2D eigenvalue weighted by Gasteiger charge is -2.15. The molecule has 2 rings (SSSR count). The Morgan fingerprint density at radius 1 is 1.44 bits per heavy atom. The van der Waals surface area contributed by atoms with Crippen LogP contribution in [0.5, 0.6) is 11.5 Å². The molecule has 0 saturated carbocycles. The number of halogens is 1. The van der Waals surface area contributed by atoms with E-state index in [1.807, 2.05) is 13.8 Å². The molecule has 1 aromatic heterocycles. The highest BCUT2D eigenvalue weighted by Crippen LogP contribution is 2.38. The molecule has 0 aliphatic heterocycles. The summed E-state index contributed by atoms with van der Waals surface area (Å²) in [5.41, 5.74) is 0.565. The minimum atomic E-state index is -1.09. The molecule has 0 fully saturated rings. The summed E-state index contributed by atoms with van der Waals surface area (Å²) >= 11 is 7.21. The van der Waals surface area contributed by atoms with Crippen LogP contribution in [0.3, 0.4) is 0 Å². The molecule has 1 aromatic carbocycles. The van der Waals surface area contributed by atoms with Crippen LogP contribution in [-0.2, 0) is 4.79 Å². The lowest BCUT2D eigenvalue weighted by Crippen LogP contribution is -2.07. The first-order valence-electron chi connectivity index (χ1n) is 7.36. The number of hydrogen-bond donors (Lipinski definition) is 2. The number of ether oxygens (including phenoxy) is 2. The number of rotatable bonds is 7. The number of aromatic nitrogens is 3. The molecule has 25 heavy (non-hydrogen) atoms. The van der Waals surface area contributed by atoms with E-state index in [0.717, 1.165) is 11.8 Å². The van der Waals surface area contributed by atoms with E-state index >= 15 is 0 Å². The Hall–Kier alpha value is -2.19. The summed E-state index contributed by atoms with van der Waals surface area (Å²) in [7, 11) is 1.50. The molecule has 0 spiro atoms. The Balaban J connectivity index is 2.38. The van der Waals surface area contributed by atoms with E-state index in [0.29, 0.717) is 33.1 Å². The fourth-order valence-electron chi connectivity index (χ4n) is 1.93. The Labute approximate surface area is 154 Å². The van der Waals surface area contributed by atoms with Crippen molar-refractivity contribution in [3.8, 4) is 11.5 Å². The minimum absolute atomic E-state index is 0.0506. The number of methoxy groups -OCH3 is 1. The summed E-state index contributed by atoms with van der Waals surface area (Å²) < 4.78 is 11.0. The van der Waals surface area contributed by atoms with Crippen LogP contribution < -0.4 is 9.47 Å². The quantitative estimate of drug-likeness (QED) is 0.554. The second-order valence-corrected chi connectivity index (χ2v) is 6.74. The molecular weight excluding hydrogens is 366 g/mol. The number of carbonyl (C=O) groups is 1. The number of nitrogens with zero attached hydrogens (tertiary/aromatic N) is 2. The van der Waals surface area contributed by atoms with Gasteiger partial charge in [0, 0.05) is 0 Å². The highest BCUT2D eigenvalue weighted by molar-refractivity contribution is 8.04. The average molecular weight is 384 g/mol. The van der Waals surface area contributed by atoms with Crippen LogP contribution in [0.15, 0.2) is 22.2 Å². The van der Waals surface area contributed by atoms with E-state index in [1.54, 1.807) is 19.1 Å². The summed E-state index contributed by atoms with van der Waals surface area (Å²) in [6.07, 6.45) is 1.40. The van der Waals surface area contributed by atoms with Crippen molar-refractivity contribution in [2.24, 2.45) is 0 Å². The van der Waals surface area contributed by atoms with Crippen LogP contribution in [0.25, 0.3) is 6.08 Å². The van der Waals surface area contributed by atoms with Crippen LogP contribution in [0.1, 0.15) is 25.2 Å². The van der Waals surface area contributed by atoms with Crippen molar-refractivity contribution in [2.45, 2.75) is 32.0 Å². The van der Waals surface area contributed by atoms with Crippen molar-refractivity contribution in [2.75, 3.05) is 7.11 Å². The van der Waals surface area contributed by atoms with E-state index in [9.17, 15) is 9.90 Å². The standard InChI is InChI=1S/C16H18ClN3O4S/c1-8(2)24-14-11(17)5-10(6-12(14)23-4)7-13(15(21)22)25-16-18-9(3)19-20-16/h5-8H,1-4H3,(H,21,22)(H,18,19,20)/b13-7-. The lowest BCUT2D eigenvalue weighted by atomic mass is 10.2. The molecule has 134 valence electrons. The van der Waals surface area contributed by atoms with E-state index in [4.69, 9.17) is 21.1 Å². The number of hydrogen-bond acceptors (Lipinski definition) is 6. The van der Waals surface area contributed by atoms with Crippen molar-refractivity contribution in [3.63, 3.8) is 0 Å². The fourth-order valence-corrected chi connectivity index (χ4v) is 2.94. The molecule has 1 heterocycles. The number of aliphatic carboxylic acids is 1. The average Bonchev–Trinajstić information content (AvgIpc) is 2.93. The Bertz CT molecular complexity index is 805. The molecule has 2 aromatic rings.